The van der Waals surface area contributed by atoms with Crippen LogP contribution in [0.2, 0.25) is 0 Å². The predicted octanol–water partition coefficient (Wildman–Crippen LogP) is 3.55. The van der Waals surface area contributed by atoms with Gasteiger partial charge in [0.25, 0.3) is 5.91 Å². The molecule has 116 valence electrons. The molecule has 1 aromatic rings. The minimum atomic E-state index is -0.761. The second-order valence-corrected chi connectivity index (χ2v) is 6.73. The molecule has 1 atom stereocenters. The lowest BCUT2D eigenvalue weighted by Crippen LogP contribution is -2.27. The zero-order valence-corrected chi connectivity index (χ0v) is 14.6. The van der Waals surface area contributed by atoms with Gasteiger partial charge in [0.2, 0.25) is 0 Å². The average molecular weight is 403 g/mol. The number of halogens is 1. The van der Waals surface area contributed by atoms with E-state index < -0.39 is 5.97 Å². The van der Waals surface area contributed by atoms with Crippen LogP contribution in [0.25, 0.3) is 0 Å². The van der Waals surface area contributed by atoms with Gasteiger partial charge in [-0.1, -0.05) is 13.8 Å². The summed E-state index contributed by atoms with van der Waals surface area (Å²) >= 11 is 2.20. The number of carbonyl (C=O) groups excluding carboxylic acids is 1. The van der Waals surface area contributed by atoms with Gasteiger partial charge >= 0.3 is 5.97 Å². The van der Waals surface area contributed by atoms with Crippen molar-refractivity contribution in [3.63, 3.8) is 0 Å². The smallest absolute Gasteiger partial charge is 0.303 e. The summed E-state index contributed by atoms with van der Waals surface area (Å²) in [6.07, 6.45) is 1.65. The Balaban J connectivity index is 2.40. The number of carbonyl (C=O) groups is 2. The molecule has 0 fully saturated rings. The Hall–Kier alpha value is -1.11. The van der Waals surface area contributed by atoms with Crippen molar-refractivity contribution in [2.24, 2.45) is 11.8 Å². The third-order valence-corrected chi connectivity index (χ3v) is 4.30. The number of carboxylic acids is 1. The van der Waals surface area contributed by atoms with Gasteiger partial charge in [0.05, 0.1) is 0 Å². The molecule has 0 aliphatic carbocycles. The highest BCUT2D eigenvalue weighted by Gasteiger charge is 2.15. The Morgan fingerprint density at radius 3 is 2.33 bits per heavy atom. The number of aliphatic carboxylic acids is 1. The maximum Gasteiger partial charge on any atom is 0.303 e. The van der Waals surface area contributed by atoms with E-state index >= 15 is 0 Å². The van der Waals surface area contributed by atoms with Gasteiger partial charge in [0, 0.05) is 22.1 Å². The minimum absolute atomic E-state index is 0.0767. The molecule has 0 spiro atoms. The van der Waals surface area contributed by atoms with Crippen LogP contribution in [0.1, 0.15) is 43.5 Å². The summed E-state index contributed by atoms with van der Waals surface area (Å²) in [7, 11) is 0. The number of rotatable bonds is 8. The molecule has 0 saturated heterocycles. The lowest BCUT2D eigenvalue weighted by atomic mass is 9.88. The van der Waals surface area contributed by atoms with Gasteiger partial charge in [-0.15, -0.1) is 0 Å². The van der Waals surface area contributed by atoms with Gasteiger partial charge in [0.15, 0.2) is 0 Å². The van der Waals surface area contributed by atoms with Crippen molar-refractivity contribution in [3.05, 3.63) is 33.4 Å². The molecule has 1 rings (SSSR count). The third-order valence-electron chi connectivity index (χ3n) is 3.58. The SMILES string of the molecule is CC(C)C(CCNC(=O)c1ccc(I)cc1)CCC(=O)O. The fourth-order valence-corrected chi connectivity index (χ4v) is 2.55. The highest BCUT2D eigenvalue weighted by Crippen LogP contribution is 2.20. The number of hydrogen-bond donors (Lipinski definition) is 2. The molecule has 1 amide bonds. The quantitative estimate of drug-likeness (QED) is 0.653. The molecule has 0 aliphatic heterocycles. The Morgan fingerprint density at radius 2 is 1.81 bits per heavy atom. The van der Waals surface area contributed by atoms with E-state index in [1.165, 1.54) is 0 Å². The van der Waals surface area contributed by atoms with Crippen molar-refractivity contribution in [2.45, 2.75) is 33.1 Å². The van der Waals surface area contributed by atoms with Crippen molar-refractivity contribution in [3.8, 4) is 0 Å². The first-order chi connectivity index (χ1) is 9.90. The van der Waals surface area contributed by atoms with Crippen molar-refractivity contribution in [1.29, 1.82) is 0 Å². The fourth-order valence-electron chi connectivity index (χ4n) is 2.19. The Labute approximate surface area is 139 Å². The maximum atomic E-state index is 12.0. The summed E-state index contributed by atoms with van der Waals surface area (Å²) in [5.74, 6) is -0.103. The predicted molar refractivity (Wildman–Crippen MR) is 91.3 cm³/mol. The van der Waals surface area contributed by atoms with Crippen LogP contribution in [0.4, 0.5) is 0 Å². The molecule has 0 radical (unpaired) electrons. The maximum absolute atomic E-state index is 12.0. The van der Waals surface area contributed by atoms with Gasteiger partial charge in [-0.25, -0.2) is 0 Å². The highest BCUT2D eigenvalue weighted by atomic mass is 127. The van der Waals surface area contributed by atoms with E-state index in [-0.39, 0.29) is 12.3 Å². The van der Waals surface area contributed by atoms with Gasteiger partial charge in [-0.05, 0) is 71.5 Å². The molecule has 0 aliphatic rings. The van der Waals surface area contributed by atoms with Gasteiger partial charge < -0.3 is 10.4 Å². The first-order valence-electron chi connectivity index (χ1n) is 7.15. The van der Waals surface area contributed by atoms with Crippen LogP contribution in [0, 0.1) is 15.4 Å². The van der Waals surface area contributed by atoms with Crippen LogP contribution in [0.5, 0.6) is 0 Å². The molecule has 0 bridgehead atoms. The molecule has 0 heterocycles. The molecule has 2 N–H and O–H groups in total. The normalized spacial score (nSPS) is 12.2. The number of carboxylic acid groups (broad SMARTS) is 1. The highest BCUT2D eigenvalue weighted by molar-refractivity contribution is 14.1. The summed E-state index contributed by atoms with van der Waals surface area (Å²) in [5.41, 5.74) is 0.655. The first-order valence-corrected chi connectivity index (χ1v) is 8.23. The monoisotopic (exact) mass is 403 g/mol. The lowest BCUT2D eigenvalue weighted by Gasteiger charge is -2.20. The number of benzene rings is 1. The summed E-state index contributed by atoms with van der Waals surface area (Å²) in [6, 6.07) is 7.42. The Morgan fingerprint density at radius 1 is 1.19 bits per heavy atom. The van der Waals surface area contributed by atoms with Crippen molar-refractivity contribution in [1.82, 2.24) is 5.32 Å². The van der Waals surface area contributed by atoms with E-state index in [1.54, 1.807) is 0 Å². The largest absolute Gasteiger partial charge is 0.481 e. The Kier molecular flexibility index (Phi) is 7.71. The first kappa shape index (κ1) is 17.9. The molecule has 0 saturated carbocycles. The summed E-state index contributed by atoms with van der Waals surface area (Å²) < 4.78 is 1.10. The fraction of sp³-hybridized carbons (Fsp3) is 0.500. The van der Waals surface area contributed by atoms with E-state index in [9.17, 15) is 9.59 Å². The number of hydrogen-bond acceptors (Lipinski definition) is 2. The van der Waals surface area contributed by atoms with Crippen LogP contribution in [0.15, 0.2) is 24.3 Å². The Bertz CT molecular complexity index is 471. The topological polar surface area (TPSA) is 66.4 Å². The van der Waals surface area contributed by atoms with E-state index in [0.29, 0.717) is 30.4 Å². The summed E-state index contributed by atoms with van der Waals surface area (Å²) in [4.78, 5) is 22.6. The van der Waals surface area contributed by atoms with Crippen molar-refractivity contribution in [2.75, 3.05) is 6.54 Å². The van der Waals surface area contributed by atoms with Crippen molar-refractivity contribution >= 4 is 34.5 Å². The van der Waals surface area contributed by atoms with Crippen molar-refractivity contribution < 1.29 is 14.7 Å². The average Bonchev–Trinajstić information content (AvgIpc) is 2.42. The van der Waals surface area contributed by atoms with Gasteiger partial charge in [-0.2, -0.15) is 0 Å². The zero-order valence-electron chi connectivity index (χ0n) is 12.4. The van der Waals surface area contributed by atoms with Crippen LogP contribution in [-0.4, -0.2) is 23.5 Å². The molecule has 4 nitrogen and oxygen atoms in total. The summed E-state index contributed by atoms with van der Waals surface area (Å²) in [5, 5.41) is 11.7. The number of nitrogens with one attached hydrogen (secondary N) is 1. The molecule has 1 unspecified atom stereocenters. The molecular weight excluding hydrogens is 381 g/mol. The van der Waals surface area contributed by atoms with E-state index in [4.69, 9.17) is 5.11 Å². The van der Waals surface area contributed by atoms with E-state index in [0.717, 1.165) is 9.99 Å². The van der Waals surface area contributed by atoms with E-state index in [1.807, 2.05) is 24.3 Å². The van der Waals surface area contributed by atoms with Gasteiger partial charge in [-0.3, -0.25) is 9.59 Å². The van der Waals surface area contributed by atoms with Gasteiger partial charge in [0.1, 0.15) is 0 Å². The van der Waals surface area contributed by atoms with Crippen LogP contribution in [0.3, 0.4) is 0 Å². The van der Waals surface area contributed by atoms with Crippen LogP contribution >= 0.6 is 22.6 Å². The standard InChI is InChI=1S/C16H22INO3/c1-11(2)12(5-8-15(19)20)9-10-18-16(21)13-3-6-14(17)7-4-13/h3-4,6-7,11-12H,5,8-10H2,1-2H3,(H,18,21)(H,19,20). The van der Waals surface area contributed by atoms with E-state index in [2.05, 4.69) is 41.8 Å². The second-order valence-electron chi connectivity index (χ2n) is 5.49. The second kappa shape index (κ2) is 9.02. The third kappa shape index (κ3) is 6.93. The molecule has 5 heteroatoms. The molecule has 0 aromatic heterocycles. The van der Waals surface area contributed by atoms with Crippen LogP contribution in [-0.2, 0) is 4.79 Å². The lowest BCUT2D eigenvalue weighted by molar-refractivity contribution is -0.137. The molecule has 21 heavy (non-hydrogen) atoms. The molecular formula is C16H22INO3. The minimum Gasteiger partial charge on any atom is -0.481 e. The number of amides is 1. The molecule has 1 aromatic carbocycles. The zero-order chi connectivity index (χ0) is 15.8. The van der Waals surface area contributed by atoms with Crippen LogP contribution < -0.4 is 5.32 Å². The summed E-state index contributed by atoms with van der Waals surface area (Å²) in [6.45, 7) is 4.76.